The highest BCUT2D eigenvalue weighted by atomic mass is 35.5. The number of halogens is 3. The van der Waals surface area contributed by atoms with Gasteiger partial charge in [0.15, 0.2) is 11.5 Å². The van der Waals surface area contributed by atoms with Gasteiger partial charge in [-0.2, -0.15) is 15.0 Å². The van der Waals surface area contributed by atoms with Crippen molar-refractivity contribution < 1.29 is 9.53 Å². The molecule has 26 heavy (non-hydrogen) atoms. The fraction of sp³-hybridized carbons (Fsp3) is 0.0588. The van der Waals surface area contributed by atoms with Gasteiger partial charge in [-0.15, -0.1) is 0 Å². The molecular weight excluding hydrogens is 399 g/mol. The Hall–Kier alpha value is -2.41. The molecule has 0 fully saturated rings. The molecule has 132 valence electrons. The Morgan fingerprint density at radius 1 is 0.962 bits per heavy atom. The zero-order valence-electron chi connectivity index (χ0n) is 13.3. The van der Waals surface area contributed by atoms with Gasteiger partial charge < -0.3 is 10.1 Å². The van der Waals surface area contributed by atoms with Gasteiger partial charge in [0.05, 0.1) is 10.0 Å². The molecular formula is C17H11Cl3N4O2. The minimum atomic E-state index is -0.0685. The summed E-state index contributed by atoms with van der Waals surface area (Å²) in [4.78, 5) is 23.4. The van der Waals surface area contributed by atoms with Crippen LogP contribution >= 0.6 is 34.8 Å². The highest BCUT2D eigenvalue weighted by Crippen LogP contribution is 2.35. The topological polar surface area (TPSA) is 77.0 Å². The van der Waals surface area contributed by atoms with E-state index >= 15 is 0 Å². The van der Waals surface area contributed by atoms with Crippen molar-refractivity contribution in [1.29, 1.82) is 0 Å². The van der Waals surface area contributed by atoms with E-state index in [1.165, 1.54) is 6.92 Å². The normalized spacial score (nSPS) is 10.5. The molecule has 0 aliphatic rings. The van der Waals surface area contributed by atoms with E-state index in [1.54, 1.807) is 42.5 Å². The Labute approximate surface area is 164 Å². The summed E-state index contributed by atoms with van der Waals surface area (Å²) in [6.07, 6.45) is 0. The van der Waals surface area contributed by atoms with Crippen LogP contribution < -0.4 is 10.1 Å². The number of aromatic nitrogens is 3. The van der Waals surface area contributed by atoms with Gasteiger partial charge in [0.25, 0.3) is 0 Å². The van der Waals surface area contributed by atoms with Crippen molar-refractivity contribution in [2.75, 3.05) is 5.32 Å². The lowest BCUT2D eigenvalue weighted by molar-refractivity contribution is 0.101. The molecule has 0 saturated heterocycles. The monoisotopic (exact) mass is 408 g/mol. The molecule has 0 amide bonds. The molecule has 0 aliphatic heterocycles. The molecule has 0 radical (unpaired) electrons. The molecule has 0 spiro atoms. The van der Waals surface area contributed by atoms with Crippen LogP contribution in [0.25, 0.3) is 0 Å². The van der Waals surface area contributed by atoms with E-state index in [-0.39, 0.29) is 28.8 Å². The number of para-hydroxylation sites is 1. The number of ether oxygens (including phenoxy) is 1. The summed E-state index contributed by atoms with van der Waals surface area (Å²) in [5.41, 5.74) is 1.26. The molecule has 9 heteroatoms. The van der Waals surface area contributed by atoms with Crippen molar-refractivity contribution in [3.8, 4) is 11.8 Å². The van der Waals surface area contributed by atoms with Gasteiger partial charge in [-0.25, -0.2) is 0 Å². The Morgan fingerprint density at radius 3 is 2.23 bits per heavy atom. The van der Waals surface area contributed by atoms with Gasteiger partial charge in [-0.1, -0.05) is 29.3 Å². The van der Waals surface area contributed by atoms with Crippen molar-refractivity contribution in [3.63, 3.8) is 0 Å². The molecule has 0 saturated carbocycles. The molecule has 1 aromatic heterocycles. The Kier molecular flexibility index (Phi) is 5.56. The predicted molar refractivity (Wildman–Crippen MR) is 101 cm³/mol. The average molecular weight is 410 g/mol. The van der Waals surface area contributed by atoms with E-state index in [2.05, 4.69) is 20.3 Å². The molecule has 0 atom stereocenters. The summed E-state index contributed by atoms with van der Waals surface area (Å²) in [6.45, 7) is 1.50. The smallest absolute Gasteiger partial charge is 0.328 e. The Balaban J connectivity index is 1.84. The fourth-order valence-corrected chi connectivity index (χ4v) is 2.65. The number of Topliss-reactive ketones (excluding diaryl/α,β-unsaturated/α-hetero) is 1. The van der Waals surface area contributed by atoms with E-state index < -0.39 is 0 Å². The van der Waals surface area contributed by atoms with Crippen molar-refractivity contribution in [2.45, 2.75) is 6.92 Å². The van der Waals surface area contributed by atoms with E-state index in [9.17, 15) is 4.79 Å². The first-order valence-corrected chi connectivity index (χ1v) is 8.47. The molecule has 3 rings (SSSR count). The number of hydrogen-bond donors (Lipinski definition) is 1. The van der Waals surface area contributed by atoms with Gasteiger partial charge in [0, 0.05) is 11.3 Å². The third-order valence-electron chi connectivity index (χ3n) is 3.25. The third kappa shape index (κ3) is 4.40. The number of ketones is 1. The summed E-state index contributed by atoms with van der Waals surface area (Å²) in [7, 11) is 0. The first-order valence-electron chi connectivity index (χ1n) is 7.34. The van der Waals surface area contributed by atoms with Gasteiger partial charge in [0.2, 0.25) is 11.2 Å². The number of nitrogens with zero attached hydrogens (tertiary/aromatic N) is 3. The van der Waals surface area contributed by atoms with Crippen LogP contribution in [0.1, 0.15) is 17.3 Å². The lowest BCUT2D eigenvalue weighted by Crippen LogP contribution is -2.02. The minimum Gasteiger partial charge on any atom is -0.421 e. The summed E-state index contributed by atoms with van der Waals surface area (Å²) in [6, 6.07) is 11.7. The Bertz CT molecular complexity index is 944. The van der Waals surface area contributed by atoms with Crippen LogP contribution in [0.5, 0.6) is 11.8 Å². The largest absolute Gasteiger partial charge is 0.421 e. The van der Waals surface area contributed by atoms with Gasteiger partial charge in [-0.05, 0) is 54.9 Å². The third-order valence-corrected chi connectivity index (χ3v) is 4.01. The van der Waals surface area contributed by atoms with Crippen LogP contribution in [-0.4, -0.2) is 20.7 Å². The SMILES string of the molecule is CC(=O)c1ccc(Nc2nc(Cl)nc(Oc3c(Cl)cccc3Cl)n2)cc1. The summed E-state index contributed by atoms with van der Waals surface area (Å²) in [5, 5.41) is 3.51. The average Bonchev–Trinajstić information content (AvgIpc) is 2.58. The molecule has 0 bridgehead atoms. The second-order valence-electron chi connectivity index (χ2n) is 5.12. The molecule has 3 aromatic rings. The number of benzene rings is 2. The standard InChI is InChI=1S/C17H11Cl3N4O2/c1-9(25)10-5-7-11(8-6-10)21-16-22-15(20)23-17(24-16)26-14-12(18)3-2-4-13(14)19/h2-8H,1H3,(H,21,22,23,24). The molecule has 2 aromatic carbocycles. The predicted octanol–water partition coefficient (Wildman–Crippen LogP) is 5.57. The van der Waals surface area contributed by atoms with Crippen LogP contribution in [-0.2, 0) is 0 Å². The second kappa shape index (κ2) is 7.86. The highest BCUT2D eigenvalue weighted by molar-refractivity contribution is 6.37. The molecule has 1 heterocycles. The maximum Gasteiger partial charge on any atom is 0.328 e. The summed E-state index contributed by atoms with van der Waals surface area (Å²) < 4.78 is 5.55. The lowest BCUT2D eigenvalue weighted by Gasteiger charge is -2.10. The number of hydrogen-bond acceptors (Lipinski definition) is 6. The van der Waals surface area contributed by atoms with Crippen LogP contribution in [0.15, 0.2) is 42.5 Å². The van der Waals surface area contributed by atoms with Gasteiger partial charge >= 0.3 is 6.01 Å². The number of carbonyl (C=O) groups is 1. The number of nitrogens with one attached hydrogen (secondary N) is 1. The molecule has 0 unspecified atom stereocenters. The summed E-state index contributed by atoms with van der Waals surface area (Å²) >= 11 is 18.1. The zero-order chi connectivity index (χ0) is 18.7. The minimum absolute atomic E-state index is 0.0212. The maximum atomic E-state index is 11.3. The molecule has 1 N–H and O–H groups in total. The van der Waals surface area contributed by atoms with Crippen LogP contribution in [0, 0.1) is 0 Å². The number of rotatable bonds is 5. The van der Waals surface area contributed by atoms with Crippen molar-refractivity contribution in [1.82, 2.24) is 15.0 Å². The van der Waals surface area contributed by atoms with E-state index in [0.717, 1.165) is 0 Å². The molecule has 0 aliphatic carbocycles. The van der Waals surface area contributed by atoms with E-state index in [1.807, 2.05) is 0 Å². The zero-order valence-corrected chi connectivity index (χ0v) is 15.6. The Morgan fingerprint density at radius 2 is 1.62 bits per heavy atom. The number of anilines is 2. The van der Waals surface area contributed by atoms with Crippen molar-refractivity contribution in [3.05, 3.63) is 63.4 Å². The number of carbonyl (C=O) groups excluding carboxylic acids is 1. The maximum absolute atomic E-state index is 11.3. The van der Waals surface area contributed by atoms with Gasteiger partial charge in [0.1, 0.15) is 0 Å². The first-order chi connectivity index (χ1) is 12.4. The van der Waals surface area contributed by atoms with E-state index in [0.29, 0.717) is 21.3 Å². The lowest BCUT2D eigenvalue weighted by atomic mass is 10.1. The van der Waals surface area contributed by atoms with Crippen molar-refractivity contribution in [2.24, 2.45) is 0 Å². The van der Waals surface area contributed by atoms with E-state index in [4.69, 9.17) is 39.5 Å². The highest BCUT2D eigenvalue weighted by Gasteiger charge is 2.13. The van der Waals surface area contributed by atoms with Crippen molar-refractivity contribution >= 4 is 52.2 Å². The quantitative estimate of drug-likeness (QED) is 0.555. The first kappa shape index (κ1) is 18.4. The second-order valence-corrected chi connectivity index (χ2v) is 6.27. The van der Waals surface area contributed by atoms with Crippen LogP contribution in [0.2, 0.25) is 15.3 Å². The summed E-state index contributed by atoms with van der Waals surface area (Å²) in [5.74, 6) is 0.362. The van der Waals surface area contributed by atoms with Gasteiger partial charge in [-0.3, -0.25) is 4.79 Å². The molecule has 6 nitrogen and oxygen atoms in total. The fourth-order valence-electron chi connectivity index (χ4n) is 2.02. The van der Waals surface area contributed by atoms with Crippen LogP contribution in [0.3, 0.4) is 0 Å². The van der Waals surface area contributed by atoms with Crippen LogP contribution in [0.4, 0.5) is 11.6 Å².